The van der Waals surface area contributed by atoms with Crippen molar-refractivity contribution < 1.29 is 8.78 Å². The van der Waals surface area contributed by atoms with Gasteiger partial charge in [0.25, 0.3) is 0 Å². The van der Waals surface area contributed by atoms with Crippen molar-refractivity contribution >= 4 is 0 Å². The molecule has 100 valence electrons. The SMILES string of the molecule is CC(CN1CCCC1)NCc1c(F)cccc1F. The molecule has 1 aliphatic heterocycles. The summed E-state index contributed by atoms with van der Waals surface area (Å²) in [6.45, 7) is 5.51. The monoisotopic (exact) mass is 254 g/mol. The molecular weight excluding hydrogens is 234 g/mol. The van der Waals surface area contributed by atoms with E-state index in [1.54, 1.807) is 0 Å². The van der Waals surface area contributed by atoms with E-state index in [2.05, 4.69) is 17.1 Å². The molecule has 18 heavy (non-hydrogen) atoms. The Balaban J connectivity index is 1.83. The van der Waals surface area contributed by atoms with Gasteiger partial charge in [-0.25, -0.2) is 8.78 Å². The Morgan fingerprint density at radius 1 is 1.22 bits per heavy atom. The van der Waals surface area contributed by atoms with Gasteiger partial charge in [-0.05, 0) is 45.0 Å². The number of hydrogen-bond donors (Lipinski definition) is 1. The van der Waals surface area contributed by atoms with E-state index in [4.69, 9.17) is 0 Å². The maximum atomic E-state index is 13.4. The molecule has 1 saturated heterocycles. The van der Waals surface area contributed by atoms with Crippen molar-refractivity contribution in [2.45, 2.75) is 32.4 Å². The van der Waals surface area contributed by atoms with E-state index in [0.29, 0.717) is 0 Å². The fourth-order valence-corrected chi connectivity index (χ4v) is 2.39. The van der Waals surface area contributed by atoms with Gasteiger partial charge in [0.2, 0.25) is 0 Å². The van der Waals surface area contributed by atoms with Crippen molar-refractivity contribution in [1.29, 1.82) is 0 Å². The van der Waals surface area contributed by atoms with Gasteiger partial charge in [0, 0.05) is 24.7 Å². The largest absolute Gasteiger partial charge is 0.309 e. The molecule has 1 heterocycles. The topological polar surface area (TPSA) is 15.3 Å². The Morgan fingerprint density at radius 3 is 2.44 bits per heavy atom. The van der Waals surface area contributed by atoms with Crippen LogP contribution in [0.1, 0.15) is 25.3 Å². The van der Waals surface area contributed by atoms with Gasteiger partial charge in [0.05, 0.1) is 0 Å². The first-order valence-electron chi connectivity index (χ1n) is 6.55. The molecule has 0 aliphatic carbocycles. The molecule has 0 spiro atoms. The highest BCUT2D eigenvalue weighted by Crippen LogP contribution is 2.12. The van der Waals surface area contributed by atoms with E-state index in [9.17, 15) is 8.78 Å². The molecule has 1 fully saturated rings. The molecule has 4 heteroatoms. The highest BCUT2D eigenvalue weighted by atomic mass is 19.1. The van der Waals surface area contributed by atoms with Gasteiger partial charge in [-0.1, -0.05) is 6.07 Å². The van der Waals surface area contributed by atoms with Gasteiger partial charge in [-0.2, -0.15) is 0 Å². The number of hydrogen-bond acceptors (Lipinski definition) is 2. The van der Waals surface area contributed by atoms with Gasteiger partial charge in [-0.3, -0.25) is 0 Å². The van der Waals surface area contributed by atoms with Gasteiger partial charge >= 0.3 is 0 Å². The summed E-state index contributed by atoms with van der Waals surface area (Å²) in [6, 6.07) is 4.22. The molecule has 1 aromatic rings. The molecule has 1 unspecified atom stereocenters. The summed E-state index contributed by atoms with van der Waals surface area (Å²) in [7, 11) is 0. The minimum Gasteiger partial charge on any atom is -0.309 e. The lowest BCUT2D eigenvalue weighted by Crippen LogP contribution is -2.37. The third-order valence-corrected chi connectivity index (χ3v) is 3.42. The van der Waals surface area contributed by atoms with E-state index in [1.165, 1.54) is 31.0 Å². The van der Waals surface area contributed by atoms with Crippen LogP contribution in [0.15, 0.2) is 18.2 Å². The van der Waals surface area contributed by atoms with Crippen molar-refractivity contribution in [3.63, 3.8) is 0 Å². The lowest BCUT2D eigenvalue weighted by atomic mass is 10.2. The number of rotatable bonds is 5. The molecule has 0 saturated carbocycles. The van der Waals surface area contributed by atoms with Crippen LogP contribution in [0.3, 0.4) is 0 Å². The molecule has 1 atom stereocenters. The summed E-state index contributed by atoms with van der Waals surface area (Å²) in [5.41, 5.74) is 0.130. The molecule has 2 nitrogen and oxygen atoms in total. The molecule has 1 aromatic carbocycles. The zero-order valence-corrected chi connectivity index (χ0v) is 10.8. The highest BCUT2D eigenvalue weighted by Gasteiger charge is 2.15. The quantitative estimate of drug-likeness (QED) is 0.868. The standard InChI is InChI=1S/C14H20F2N2/c1-11(10-18-7-2-3-8-18)17-9-12-13(15)5-4-6-14(12)16/h4-6,11,17H,2-3,7-10H2,1H3. The second-order valence-corrected chi connectivity index (χ2v) is 4.99. The van der Waals surface area contributed by atoms with E-state index < -0.39 is 11.6 Å². The van der Waals surface area contributed by atoms with Crippen LogP contribution in [0.2, 0.25) is 0 Å². The van der Waals surface area contributed by atoms with Crippen molar-refractivity contribution in [1.82, 2.24) is 10.2 Å². The first-order valence-corrected chi connectivity index (χ1v) is 6.55. The highest BCUT2D eigenvalue weighted by molar-refractivity contribution is 5.19. The molecule has 0 aromatic heterocycles. The van der Waals surface area contributed by atoms with E-state index >= 15 is 0 Å². The van der Waals surface area contributed by atoms with Crippen molar-refractivity contribution in [3.05, 3.63) is 35.4 Å². The van der Waals surface area contributed by atoms with Crippen LogP contribution < -0.4 is 5.32 Å². The predicted molar refractivity (Wildman–Crippen MR) is 68.3 cm³/mol. The number of benzene rings is 1. The lowest BCUT2D eigenvalue weighted by molar-refractivity contribution is 0.297. The van der Waals surface area contributed by atoms with Crippen LogP contribution in [0.25, 0.3) is 0 Å². The summed E-state index contributed by atoms with van der Waals surface area (Å²) in [4.78, 5) is 2.38. The zero-order chi connectivity index (χ0) is 13.0. The van der Waals surface area contributed by atoms with E-state index in [0.717, 1.165) is 19.6 Å². The van der Waals surface area contributed by atoms with E-state index in [-0.39, 0.29) is 18.2 Å². The molecule has 0 bridgehead atoms. The summed E-state index contributed by atoms with van der Waals surface area (Å²) in [5, 5.41) is 3.19. The van der Waals surface area contributed by atoms with Gasteiger partial charge in [-0.15, -0.1) is 0 Å². The summed E-state index contributed by atoms with van der Waals surface area (Å²) in [6.07, 6.45) is 2.52. The summed E-state index contributed by atoms with van der Waals surface area (Å²) in [5.74, 6) is -0.952. The van der Waals surface area contributed by atoms with Crippen LogP contribution in [-0.4, -0.2) is 30.6 Å². The fraction of sp³-hybridized carbons (Fsp3) is 0.571. The van der Waals surface area contributed by atoms with Crippen LogP contribution >= 0.6 is 0 Å². The molecule has 2 rings (SSSR count). The molecule has 0 radical (unpaired) electrons. The Bertz CT molecular complexity index is 369. The number of halogens is 2. The Hall–Kier alpha value is -1.00. The zero-order valence-electron chi connectivity index (χ0n) is 10.8. The van der Waals surface area contributed by atoms with Gasteiger partial charge in [0.1, 0.15) is 11.6 Å². The van der Waals surface area contributed by atoms with E-state index in [1.807, 2.05) is 0 Å². The molecular formula is C14H20F2N2. The van der Waals surface area contributed by atoms with Crippen LogP contribution in [0, 0.1) is 11.6 Å². The third kappa shape index (κ3) is 3.50. The lowest BCUT2D eigenvalue weighted by Gasteiger charge is -2.21. The molecule has 1 aliphatic rings. The maximum absolute atomic E-state index is 13.4. The Labute approximate surface area is 107 Å². The maximum Gasteiger partial charge on any atom is 0.130 e. The minimum atomic E-state index is -0.476. The predicted octanol–water partition coefficient (Wildman–Crippen LogP) is 2.54. The first kappa shape index (κ1) is 13.4. The molecule has 1 N–H and O–H groups in total. The van der Waals surface area contributed by atoms with Crippen molar-refractivity contribution in [3.8, 4) is 0 Å². The number of nitrogens with one attached hydrogen (secondary N) is 1. The van der Waals surface area contributed by atoms with Crippen LogP contribution in [0.4, 0.5) is 8.78 Å². The van der Waals surface area contributed by atoms with Crippen molar-refractivity contribution in [2.75, 3.05) is 19.6 Å². The Kier molecular flexibility index (Phi) is 4.66. The van der Waals surface area contributed by atoms with Crippen molar-refractivity contribution in [2.24, 2.45) is 0 Å². The second-order valence-electron chi connectivity index (χ2n) is 4.99. The average Bonchev–Trinajstić information content (AvgIpc) is 2.81. The molecule has 0 amide bonds. The summed E-state index contributed by atoms with van der Waals surface area (Å²) >= 11 is 0. The van der Waals surface area contributed by atoms with Crippen LogP contribution in [-0.2, 0) is 6.54 Å². The average molecular weight is 254 g/mol. The Morgan fingerprint density at radius 2 is 1.83 bits per heavy atom. The fourth-order valence-electron chi connectivity index (χ4n) is 2.39. The first-order chi connectivity index (χ1) is 8.66. The van der Waals surface area contributed by atoms with Gasteiger partial charge in [0.15, 0.2) is 0 Å². The third-order valence-electron chi connectivity index (χ3n) is 3.42. The number of likely N-dealkylation sites (tertiary alicyclic amines) is 1. The normalized spacial score (nSPS) is 18.2. The van der Waals surface area contributed by atoms with Gasteiger partial charge < -0.3 is 10.2 Å². The smallest absolute Gasteiger partial charge is 0.130 e. The second kappa shape index (κ2) is 6.25. The minimum absolute atomic E-state index is 0.130. The number of nitrogens with zero attached hydrogens (tertiary/aromatic N) is 1. The summed E-state index contributed by atoms with van der Waals surface area (Å²) < 4.78 is 26.8. The van der Waals surface area contributed by atoms with Crippen LogP contribution in [0.5, 0.6) is 0 Å².